The molecule has 1 unspecified atom stereocenters. The van der Waals surface area contributed by atoms with Crippen LogP contribution in [0.4, 0.5) is 5.82 Å². The van der Waals surface area contributed by atoms with Crippen LogP contribution >= 0.6 is 0 Å². The van der Waals surface area contributed by atoms with Crippen molar-refractivity contribution in [2.45, 2.75) is 44.3 Å². The maximum Gasteiger partial charge on any atom is 0.243 e. The van der Waals surface area contributed by atoms with Gasteiger partial charge in [-0.3, -0.25) is 9.69 Å². The molecule has 0 saturated carbocycles. The zero-order chi connectivity index (χ0) is 25.4. The lowest BCUT2D eigenvalue weighted by Gasteiger charge is -2.40. The molecule has 0 aliphatic carbocycles. The monoisotopic (exact) mass is 508 g/mol. The van der Waals surface area contributed by atoms with Crippen LogP contribution in [0.3, 0.4) is 0 Å². The number of sulfonamides is 1. The van der Waals surface area contributed by atoms with Gasteiger partial charge in [-0.05, 0) is 42.7 Å². The van der Waals surface area contributed by atoms with E-state index < -0.39 is 16.1 Å². The highest BCUT2D eigenvalue weighted by molar-refractivity contribution is 7.89. The van der Waals surface area contributed by atoms with E-state index in [9.17, 15) is 13.2 Å². The predicted molar refractivity (Wildman–Crippen MR) is 139 cm³/mol. The predicted octanol–water partition coefficient (Wildman–Crippen LogP) is 2.38. The molecule has 2 atom stereocenters. The summed E-state index contributed by atoms with van der Waals surface area (Å²) >= 11 is 0. The molecule has 0 radical (unpaired) electrons. The topological polar surface area (TPSA) is 108 Å². The van der Waals surface area contributed by atoms with Gasteiger partial charge >= 0.3 is 0 Å². The molecule has 9 nitrogen and oxygen atoms in total. The van der Waals surface area contributed by atoms with Crippen molar-refractivity contribution >= 4 is 32.7 Å². The van der Waals surface area contributed by atoms with Crippen molar-refractivity contribution < 1.29 is 13.2 Å². The van der Waals surface area contributed by atoms with Crippen LogP contribution in [0.5, 0.6) is 0 Å². The molecule has 190 valence electrons. The fraction of sp³-hybridized carbons (Fsp3) is 0.423. The van der Waals surface area contributed by atoms with E-state index in [0.29, 0.717) is 42.7 Å². The molecule has 1 amide bonds. The van der Waals surface area contributed by atoms with E-state index in [2.05, 4.69) is 15.5 Å². The number of nitrogens with zero attached hydrogens (tertiary/aromatic N) is 4. The molecular formula is C26H32N6O3S. The third-order valence-electron chi connectivity index (χ3n) is 6.94. The molecule has 2 aliphatic rings. The van der Waals surface area contributed by atoms with E-state index >= 15 is 0 Å². The molecule has 2 bridgehead atoms. The summed E-state index contributed by atoms with van der Waals surface area (Å²) in [5, 5.41) is 7.30. The van der Waals surface area contributed by atoms with Crippen LogP contribution in [0, 0.1) is 12.8 Å². The fourth-order valence-electron chi connectivity index (χ4n) is 4.91. The van der Waals surface area contributed by atoms with Crippen LogP contribution in [0.25, 0.3) is 10.9 Å². The summed E-state index contributed by atoms with van der Waals surface area (Å²) in [7, 11) is -3.65. The number of amides is 1. The largest absolute Gasteiger partial charge is 0.358 e. The quantitative estimate of drug-likeness (QED) is 0.559. The highest BCUT2D eigenvalue weighted by atomic mass is 32.2. The van der Waals surface area contributed by atoms with Crippen LogP contribution in [0.2, 0.25) is 0 Å². The molecule has 36 heavy (non-hydrogen) atoms. The number of rotatable bonds is 3. The van der Waals surface area contributed by atoms with E-state index in [0.717, 1.165) is 16.5 Å². The molecule has 2 N–H and O–H groups in total. The first-order valence-corrected chi connectivity index (χ1v) is 13.8. The molecular weight excluding hydrogens is 476 g/mol. The Morgan fingerprint density at radius 1 is 1.06 bits per heavy atom. The molecule has 3 aromatic rings. The van der Waals surface area contributed by atoms with E-state index in [4.69, 9.17) is 9.97 Å². The number of para-hydroxylation sites is 1. The Morgan fingerprint density at radius 2 is 1.86 bits per heavy atom. The molecule has 2 aromatic carbocycles. The van der Waals surface area contributed by atoms with Crippen LogP contribution in [0.1, 0.15) is 25.2 Å². The van der Waals surface area contributed by atoms with Gasteiger partial charge in [0.25, 0.3) is 0 Å². The van der Waals surface area contributed by atoms with Crippen molar-refractivity contribution in [3.63, 3.8) is 0 Å². The van der Waals surface area contributed by atoms with Gasteiger partial charge in [0.2, 0.25) is 15.9 Å². The average Bonchev–Trinajstić information content (AvgIpc) is 2.87. The summed E-state index contributed by atoms with van der Waals surface area (Å²) in [6, 6.07) is 14.0. The van der Waals surface area contributed by atoms with Gasteiger partial charge in [-0.15, -0.1) is 0 Å². The Balaban J connectivity index is 1.49. The van der Waals surface area contributed by atoms with E-state index in [1.807, 2.05) is 51.1 Å². The minimum atomic E-state index is -3.65. The molecule has 1 fully saturated rings. The van der Waals surface area contributed by atoms with Gasteiger partial charge in [0.15, 0.2) is 0 Å². The maximum absolute atomic E-state index is 13.4. The maximum atomic E-state index is 13.4. The van der Waals surface area contributed by atoms with Gasteiger partial charge in [-0.25, -0.2) is 18.4 Å². The fourth-order valence-corrected chi connectivity index (χ4v) is 6.48. The Kier molecular flexibility index (Phi) is 6.67. The number of piperazine rings is 1. The average molecular weight is 509 g/mol. The SMILES string of the molecule is Cc1cccc(S(=O)(=O)N2CCN3Cc4nc(c5ccccc5n4)N[C@@H](C(C)C)C(=O)NCC3C2)c1. The van der Waals surface area contributed by atoms with Crippen LogP contribution in [-0.4, -0.2) is 71.8 Å². The number of aryl methyl sites for hydroxylation is 1. The highest BCUT2D eigenvalue weighted by Gasteiger charge is 2.36. The number of carbonyl (C=O) groups is 1. The molecule has 10 heteroatoms. The number of fused-ring (bicyclic) bond motifs is 5. The zero-order valence-corrected chi connectivity index (χ0v) is 21.6. The van der Waals surface area contributed by atoms with Gasteiger partial charge in [0.1, 0.15) is 17.7 Å². The number of aromatic nitrogens is 2. The Hall–Kier alpha value is -3.08. The van der Waals surface area contributed by atoms with Crippen molar-refractivity contribution in [1.29, 1.82) is 0 Å². The van der Waals surface area contributed by atoms with E-state index in [1.54, 1.807) is 18.2 Å². The second kappa shape index (κ2) is 9.76. The van der Waals surface area contributed by atoms with Gasteiger partial charge in [0, 0.05) is 37.6 Å². The van der Waals surface area contributed by atoms with Crippen molar-refractivity contribution in [3.8, 4) is 0 Å². The van der Waals surface area contributed by atoms with Crippen LogP contribution in [0.15, 0.2) is 53.4 Å². The first-order valence-electron chi connectivity index (χ1n) is 12.3. The zero-order valence-electron chi connectivity index (χ0n) is 20.8. The normalized spacial score (nSPS) is 21.9. The minimum Gasteiger partial charge on any atom is -0.358 e. The number of anilines is 1. The lowest BCUT2D eigenvalue weighted by atomic mass is 10.0. The number of hydrogen-bond donors (Lipinski definition) is 2. The van der Waals surface area contributed by atoms with Crippen LogP contribution < -0.4 is 10.6 Å². The number of hydrogen-bond acceptors (Lipinski definition) is 7. The summed E-state index contributed by atoms with van der Waals surface area (Å²) in [5.74, 6) is 1.18. The molecule has 1 saturated heterocycles. The first kappa shape index (κ1) is 24.6. The number of nitrogens with one attached hydrogen (secondary N) is 2. The van der Waals surface area contributed by atoms with Gasteiger partial charge in [-0.1, -0.05) is 38.1 Å². The van der Waals surface area contributed by atoms with Crippen molar-refractivity contribution in [1.82, 2.24) is 24.5 Å². The second-order valence-corrected chi connectivity index (χ2v) is 11.9. The van der Waals surface area contributed by atoms with E-state index in [-0.39, 0.29) is 24.4 Å². The van der Waals surface area contributed by atoms with Crippen molar-refractivity contribution in [3.05, 3.63) is 59.9 Å². The Morgan fingerprint density at radius 3 is 2.64 bits per heavy atom. The third-order valence-corrected chi connectivity index (χ3v) is 8.80. The second-order valence-electron chi connectivity index (χ2n) is 9.92. The Labute approximate surface area is 212 Å². The summed E-state index contributed by atoms with van der Waals surface area (Å²) in [6.07, 6.45) is 0. The smallest absolute Gasteiger partial charge is 0.243 e. The van der Waals surface area contributed by atoms with Crippen molar-refractivity contribution in [2.24, 2.45) is 5.92 Å². The van der Waals surface area contributed by atoms with Gasteiger partial charge in [-0.2, -0.15) is 4.31 Å². The van der Waals surface area contributed by atoms with Gasteiger partial charge < -0.3 is 10.6 Å². The summed E-state index contributed by atoms with van der Waals surface area (Å²) in [6.45, 7) is 7.80. The van der Waals surface area contributed by atoms with Crippen LogP contribution in [-0.2, 0) is 21.4 Å². The highest BCUT2D eigenvalue weighted by Crippen LogP contribution is 2.26. The molecule has 1 aromatic heterocycles. The van der Waals surface area contributed by atoms with Gasteiger partial charge in [0.05, 0.1) is 17.0 Å². The van der Waals surface area contributed by atoms with E-state index in [1.165, 1.54) is 4.31 Å². The lowest BCUT2D eigenvalue weighted by molar-refractivity contribution is -0.123. The standard InChI is InChI=1S/C26H32N6O3S/c1-17(2)24-26(33)27-14-19-15-32(36(34,35)20-8-6-7-18(3)13-20)12-11-31(19)16-23-28-22-10-5-4-9-21(22)25(29-23)30-24/h4-10,13,17,19,24H,11-12,14-16H2,1-3H3,(H,27,33)(H,28,29,30)/t19?,24-/m0/s1. The summed E-state index contributed by atoms with van der Waals surface area (Å²) < 4.78 is 28.4. The molecule has 3 heterocycles. The summed E-state index contributed by atoms with van der Waals surface area (Å²) in [5.41, 5.74) is 1.71. The van der Waals surface area contributed by atoms with Crippen molar-refractivity contribution in [2.75, 3.05) is 31.5 Å². The summed E-state index contributed by atoms with van der Waals surface area (Å²) in [4.78, 5) is 25.3. The first-order chi connectivity index (χ1) is 17.2. The Bertz CT molecular complexity index is 1390. The molecule has 0 spiro atoms. The minimum absolute atomic E-state index is 0.0172. The molecule has 5 rings (SSSR count). The third kappa shape index (κ3) is 4.80. The number of benzene rings is 2. The lowest BCUT2D eigenvalue weighted by Crippen LogP contribution is -2.58. The number of carbonyl (C=O) groups excluding carboxylic acids is 1. The molecule has 2 aliphatic heterocycles.